The van der Waals surface area contributed by atoms with Crippen LogP contribution in [0.4, 0.5) is 0 Å². The molecule has 0 saturated carbocycles. The monoisotopic (exact) mass is 230 g/mol. The van der Waals surface area contributed by atoms with Crippen LogP contribution in [-0.4, -0.2) is 49.5 Å². The number of hydrogen-bond acceptors (Lipinski definition) is 4. The van der Waals surface area contributed by atoms with Gasteiger partial charge in [0.05, 0.1) is 24.8 Å². The summed E-state index contributed by atoms with van der Waals surface area (Å²) >= 11 is 0. The summed E-state index contributed by atoms with van der Waals surface area (Å²) < 4.78 is 4.92. The first-order chi connectivity index (χ1) is 7.62. The smallest absolute Gasteiger partial charge is 0.240 e. The molecule has 1 fully saturated rings. The number of nitrogens with one attached hydrogen (secondary N) is 2. The second-order valence-corrected chi connectivity index (χ2v) is 4.52. The highest BCUT2D eigenvalue weighted by Crippen LogP contribution is 2.18. The Labute approximate surface area is 96.6 Å². The maximum atomic E-state index is 12.0. The highest BCUT2D eigenvalue weighted by atomic mass is 16.5. The molecule has 1 amide bonds. The Morgan fingerprint density at radius 2 is 2.38 bits per heavy atom. The van der Waals surface area contributed by atoms with Crippen molar-refractivity contribution in [1.82, 2.24) is 10.6 Å². The Balaban J connectivity index is 2.48. The van der Waals surface area contributed by atoms with Crippen molar-refractivity contribution in [2.45, 2.75) is 37.8 Å². The number of piperidine rings is 1. The minimum atomic E-state index is -0.501. The van der Waals surface area contributed by atoms with Crippen LogP contribution in [0.3, 0.4) is 0 Å². The summed E-state index contributed by atoms with van der Waals surface area (Å²) in [6.45, 7) is 3.01. The number of aliphatic hydroxyl groups is 1. The zero-order chi connectivity index (χ0) is 12.0. The Morgan fingerprint density at radius 3 is 2.88 bits per heavy atom. The summed E-state index contributed by atoms with van der Waals surface area (Å²) in [5.41, 5.74) is -0.501. The van der Waals surface area contributed by atoms with Crippen LogP contribution in [0.25, 0.3) is 0 Å². The first-order valence-electron chi connectivity index (χ1n) is 5.78. The predicted octanol–water partition coefficient (Wildman–Crippen LogP) is -0.358. The first kappa shape index (κ1) is 13.4. The highest BCUT2D eigenvalue weighted by molar-refractivity contribution is 5.86. The lowest BCUT2D eigenvalue weighted by atomic mass is 9.90. The van der Waals surface area contributed by atoms with Crippen molar-refractivity contribution in [3.8, 4) is 0 Å². The van der Waals surface area contributed by atoms with Gasteiger partial charge in [-0.15, -0.1) is 0 Å². The van der Waals surface area contributed by atoms with Crippen LogP contribution in [0, 0.1) is 0 Å². The van der Waals surface area contributed by atoms with Gasteiger partial charge in [0.2, 0.25) is 5.91 Å². The highest BCUT2D eigenvalue weighted by Gasteiger charge is 2.35. The molecule has 5 nitrogen and oxygen atoms in total. The summed E-state index contributed by atoms with van der Waals surface area (Å²) in [5, 5.41) is 15.1. The van der Waals surface area contributed by atoms with Gasteiger partial charge in [0.15, 0.2) is 0 Å². The first-order valence-corrected chi connectivity index (χ1v) is 5.78. The van der Waals surface area contributed by atoms with Crippen LogP contribution < -0.4 is 10.6 Å². The average molecular weight is 230 g/mol. The van der Waals surface area contributed by atoms with Crippen LogP contribution in [0.5, 0.6) is 0 Å². The van der Waals surface area contributed by atoms with E-state index < -0.39 is 5.54 Å². The van der Waals surface area contributed by atoms with E-state index in [0.717, 1.165) is 25.8 Å². The molecule has 94 valence electrons. The third-order valence-electron chi connectivity index (χ3n) is 3.04. The van der Waals surface area contributed by atoms with Crippen molar-refractivity contribution >= 4 is 5.91 Å². The molecule has 1 rings (SSSR count). The van der Waals surface area contributed by atoms with Gasteiger partial charge in [-0.05, 0) is 32.7 Å². The molecule has 1 saturated heterocycles. The molecule has 0 aliphatic carbocycles. The van der Waals surface area contributed by atoms with Gasteiger partial charge in [0.25, 0.3) is 0 Å². The van der Waals surface area contributed by atoms with Gasteiger partial charge in [0, 0.05) is 7.11 Å². The van der Waals surface area contributed by atoms with E-state index in [9.17, 15) is 4.79 Å². The molecule has 2 unspecified atom stereocenters. The molecule has 16 heavy (non-hydrogen) atoms. The van der Waals surface area contributed by atoms with Gasteiger partial charge in [-0.2, -0.15) is 0 Å². The zero-order valence-electron chi connectivity index (χ0n) is 10.1. The normalized spacial score (nSPS) is 27.4. The van der Waals surface area contributed by atoms with Crippen LogP contribution >= 0.6 is 0 Å². The van der Waals surface area contributed by atoms with Gasteiger partial charge in [0.1, 0.15) is 0 Å². The fourth-order valence-electron chi connectivity index (χ4n) is 1.94. The second kappa shape index (κ2) is 6.18. The van der Waals surface area contributed by atoms with E-state index in [-0.39, 0.29) is 18.6 Å². The van der Waals surface area contributed by atoms with Gasteiger partial charge in [-0.25, -0.2) is 0 Å². The van der Waals surface area contributed by atoms with Crippen LogP contribution in [0.15, 0.2) is 0 Å². The number of carbonyl (C=O) groups is 1. The summed E-state index contributed by atoms with van der Waals surface area (Å²) in [6, 6.07) is -0.321. The molecule has 2 atom stereocenters. The number of ether oxygens (including phenoxy) is 1. The van der Waals surface area contributed by atoms with E-state index in [1.54, 1.807) is 7.11 Å². The molecule has 0 aromatic rings. The Kier molecular flexibility index (Phi) is 5.18. The van der Waals surface area contributed by atoms with E-state index in [0.29, 0.717) is 6.61 Å². The fraction of sp³-hybridized carbons (Fsp3) is 0.909. The lowest BCUT2D eigenvalue weighted by Crippen LogP contribution is -2.59. The summed E-state index contributed by atoms with van der Waals surface area (Å²) in [7, 11) is 1.55. The third kappa shape index (κ3) is 3.43. The van der Waals surface area contributed by atoms with Crippen molar-refractivity contribution in [2.24, 2.45) is 0 Å². The molecular formula is C11H22N2O3. The SMILES string of the molecule is COCC(CO)NC(=O)C1(C)CCCCN1. The van der Waals surface area contributed by atoms with Crippen molar-refractivity contribution < 1.29 is 14.6 Å². The van der Waals surface area contributed by atoms with Gasteiger partial charge in [-0.1, -0.05) is 0 Å². The third-order valence-corrected chi connectivity index (χ3v) is 3.04. The molecule has 0 bridgehead atoms. The maximum absolute atomic E-state index is 12.0. The molecule has 3 N–H and O–H groups in total. The minimum absolute atomic E-state index is 0.0525. The van der Waals surface area contributed by atoms with Gasteiger partial charge in [-0.3, -0.25) is 4.79 Å². The average Bonchev–Trinajstić information content (AvgIpc) is 2.29. The molecule has 0 aromatic carbocycles. The van der Waals surface area contributed by atoms with Crippen molar-refractivity contribution in [3.05, 3.63) is 0 Å². The largest absolute Gasteiger partial charge is 0.394 e. The van der Waals surface area contributed by atoms with Gasteiger partial charge >= 0.3 is 0 Å². The number of aliphatic hydroxyl groups excluding tert-OH is 1. The lowest BCUT2D eigenvalue weighted by Gasteiger charge is -2.34. The van der Waals surface area contributed by atoms with E-state index in [1.165, 1.54) is 0 Å². The molecule has 0 spiro atoms. The molecular weight excluding hydrogens is 208 g/mol. The second-order valence-electron chi connectivity index (χ2n) is 4.52. The van der Waals surface area contributed by atoms with Crippen molar-refractivity contribution in [2.75, 3.05) is 26.9 Å². The van der Waals surface area contributed by atoms with Crippen LogP contribution in [0.2, 0.25) is 0 Å². The number of carbonyl (C=O) groups excluding carboxylic acids is 1. The number of amides is 1. The quantitative estimate of drug-likeness (QED) is 0.603. The van der Waals surface area contributed by atoms with Crippen molar-refractivity contribution in [1.29, 1.82) is 0 Å². The van der Waals surface area contributed by atoms with E-state index in [1.807, 2.05) is 6.92 Å². The molecule has 5 heteroatoms. The fourth-order valence-corrected chi connectivity index (χ4v) is 1.94. The topological polar surface area (TPSA) is 70.6 Å². The van der Waals surface area contributed by atoms with Crippen LogP contribution in [0.1, 0.15) is 26.2 Å². The van der Waals surface area contributed by atoms with E-state index in [2.05, 4.69) is 10.6 Å². The number of rotatable bonds is 5. The Hall–Kier alpha value is -0.650. The van der Waals surface area contributed by atoms with Crippen molar-refractivity contribution in [3.63, 3.8) is 0 Å². The molecule has 1 heterocycles. The van der Waals surface area contributed by atoms with Crippen LogP contribution in [-0.2, 0) is 9.53 Å². The lowest BCUT2D eigenvalue weighted by molar-refractivity contribution is -0.129. The maximum Gasteiger partial charge on any atom is 0.240 e. The minimum Gasteiger partial charge on any atom is -0.394 e. The predicted molar refractivity (Wildman–Crippen MR) is 61.2 cm³/mol. The summed E-state index contributed by atoms with van der Waals surface area (Å²) in [4.78, 5) is 12.0. The van der Waals surface area contributed by atoms with E-state index in [4.69, 9.17) is 9.84 Å². The molecule has 0 radical (unpaired) electrons. The zero-order valence-corrected chi connectivity index (χ0v) is 10.1. The molecule has 1 aliphatic heterocycles. The standard InChI is InChI=1S/C11H22N2O3/c1-11(5-3-4-6-12-11)10(15)13-9(7-14)8-16-2/h9,12,14H,3-8H2,1-2H3,(H,13,15). The van der Waals surface area contributed by atoms with E-state index >= 15 is 0 Å². The molecule has 1 aliphatic rings. The van der Waals surface area contributed by atoms with Gasteiger partial charge < -0.3 is 20.5 Å². The number of hydrogen-bond donors (Lipinski definition) is 3. The summed E-state index contributed by atoms with van der Waals surface area (Å²) in [5.74, 6) is -0.0525. The number of methoxy groups -OCH3 is 1. The Morgan fingerprint density at radius 1 is 1.62 bits per heavy atom. The summed E-state index contributed by atoms with van der Waals surface area (Å²) in [6.07, 6.45) is 3.01. The Bertz CT molecular complexity index is 227. The molecule has 0 aromatic heterocycles.